The van der Waals surface area contributed by atoms with Crippen molar-refractivity contribution >= 4 is 20.8 Å². The van der Waals surface area contributed by atoms with E-state index < -0.39 is 10.0 Å². The van der Waals surface area contributed by atoms with Crippen LogP contribution in [0.15, 0.2) is 42.5 Å². The molecule has 114 valence electrons. The normalized spacial score (nSPS) is 13.7. The summed E-state index contributed by atoms with van der Waals surface area (Å²) in [7, 11) is -0.0246. The molecule has 0 radical (unpaired) electrons. The summed E-state index contributed by atoms with van der Waals surface area (Å²) in [5.74, 6) is 0.109. The molecule has 0 aromatic heterocycles. The largest absolute Gasteiger partial charge is 0.309 e. The topological polar surface area (TPSA) is 49.4 Å². The van der Waals surface area contributed by atoms with Crippen LogP contribution in [-0.4, -0.2) is 39.1 Å². The second kappa shape index (κ2) is 6.56. The SMILES string of the molecule is CC(NCCS(=O)(=O)N(C)C)c1ccc2ccccc2c1. The van der Waals surface area contributed by atoms with E-state index in [4.69, 9.17) is 0 Å². The third-order valence-electron chi connectivity index (χ3n) is 3.64. The van der Waals surface area contributed by atoms with Gasteiger partial charge in [0.15, 0.2) is 0 Å². The lowest BCUT2D eigenvalue weighted by Gasteiger charge is -2.16. The van der Waals surface area contributed by atoms with Gasteiger partial charge in [-0.2, -0.15) is 0 Å². The Labute approximate surface area is 126 Å². The molecule has 1 atom stereocenters. The zero-order valence-corrected chi connectivity index (χ0v) is 13.5. The van der Waals surface area contributed by atoms with Gasteiger partial charge in [0.2, 0.25) is 10.0 Å². The molecule has 21 heavy (non-hydrogen) atoms. The highest BCUT2D eigenvalue weighted by Crippen LogP contribution is 2.20. The maximum Gasteiger partial charge on any atom is 0.214 e. The van der Waals surface area contributed by atoms with Crippen LogP contribution in [0.3, 0.4) is 0 Å². The molecule has 0 aliphatic rings. The fraction of sp³-hybridized carbons (Fsp3) is 0.375. The molecule has 0 saturated heterocycles. The monoisotopic (exact) mass is 306 g/mol. The number of hydrogen-bond donors (Lipinski definition) is 1. The molecule has 2 aromatic rings. The summed E-state index contributed by atoms with van der Waals surface area (Å²) in [6.07, 6.45) is 0. The van der Waals surface area contributed by atoms with Crippen molar-refractivity contribution in [2.45, 2.75) is 13.0 Å². The Kier molecular flexibility index (Phi) is 4.98. The maximum atomic E-state index is 11.7. The van der Waals surface area contributed by atoms with Crippen LogP contribution in [-0.2, 0) is 10.0 Å². The van der Waals surface area contributed by atoms with Crippen molar-refractivity contribution < 1.29 is 8.42 Å². The summed E-state index contributed by atoms with van der Waals surface area (Å²) in [5, 5.41) is 5.68. The van der Waals surface area contributed by atoms with E-state index in [9.17, 15) is 8.42 Å². The molecule has 0 amide bonds. The zero-order chi connectivity index (χ0) is 15.5. The maximum absolute atomic E-state index is 11.7. The second-order valence-corrected chi connectivity index (χ2v) is 7.68. The number of benzene rings is 2. The highest BCUT2D eigenvalue weighted by molar-refractivity contribution is 7.89. The first-order chi connectivity index (χ1) is 9.90. The highest BCUT2D eigenvalue weighted by atomic mass is 32.2. The third-order valence-corrected chi connectivity index (χ3v) is 5.47. The Morgan fingerprint density at radius 1 is 1.10 bits per heavy atom. The van der Waals surface area contributed by atoms with Crippen LogP contribution in [0.25, 0.3) is 10.8 Å². The van der Waals surface area contributed by atoms with E-state index in [0.717, 1.165) is 5.56 Å². The lowest BCUT2D eigenvalue weighted by molar-refractivity contribution is 0.512. The molecule has 0 heterocycles. The van der Waals surface area contributed by atoms with Gasteiger partial charge in [0.1, 0.15) is 0 Å². The molecule has 0 aliphatic carbocycles. The highest BCUT2D eigenvalue weighted by Gasteiger charge is 2.14. The first-order valence-corrected chi connectivity index (χ1v) is 8.63. The Morgan fingerprint density at radius 3 is 2.43 bits per heavy atom. The van der Waals surface area contributed by atoms with Gasteiger partial charge in [-0.1, -0.05) is 36.4 Å². The second-order valence-electron chi connectivity index (χ2n) is 5.38. The Hall–Kier alpha value is -1.43. The standard InChI is InChI=1S/C16H22N2O2S/c1-13(17-10-11-21(19,20)18(2)3)15-9-8-14-6-4-5-7-16(14)12-15/h4-9,12-13,17H,10-11H2,1-3H3. The summed E-state index contributed by atoms with van der Waals surface area (Å²) in [4.78, 5) is 0. The molecule has 4 nitrogen and oxygen atoms in total. The molecule has 0 aliphatic heterocycles. The van der Waals surface area contributed by atoms with Crippen LogP contribution in [0.1, 0.15) is 18.5 Å². The molecular formula is C16H22N2O2S. The van der Waals surface area contributed by atoms with Gasteiger partial charge in [-0.05, 0) is 29.3 Å². The van der Waals surface area contributed by atoms with Crippen LogP contribution in [0.2, 0.25) is 0 Å². The summed E-state index contributed by atoms with van der Waals surface area (Å²) < 4.78 is 24.7. The minimum Gasteiger partial charge on any atom is -0.309 e. The number of nitrogens with one attached hydrogen (secondary N) is 1. The fourth-order valence-electron chi connectivity index (χ4n) is 2.18. The van der Waals surface area contributed by atoms with Crippen molar-refractivity contribution in [3.05, 3.63) is 48.0 Å². The van der Waals surface area contributed by atoms with Crippen LogP contribution >= 0.6 is 0 Å². The molecular weight excluding hydrogens is 284 g/mol. The van der Waals surface area contributed by atoms with Crippen LogP contribution in [0.5, 0.6) is 0 Å². The Morgan fingerprint density at radius 2 is 1.76 bits per heavy atom. The molecule has 0 fully saturated rings. The smallest absolute Gasteiger partial charge is 0.214 e. The molecule has 0 spiro atoms. The number of rotatable bonds is 6. The van der Waals surface area contributed by atoms with E-state index in [1.807, 2.05) is 19.1 Å². The van der Waals surface area contributed by atoms with E-state index >= 15 is 0 Å². The predicted molar refractivity (Wildman–Crippen MR) is 87.8 cm³/mol. The van der Waals surface area contributed by atoms with E-state index in [-0.39, 0.29) is 11.8 Å². The lowest BCUT2D eigenvalue weighted by atomic mass is 10.0. The van der Waals surface area contributed by atoms with Gasteiger partial charge in [0.05, 0.1) is 5.75 Å². The molecule has 1 N–H and O–H groups in total. The van der Waals surface area contributed by atoms with Gasteiger partial charge >= 0.3 is 0 Å². The number of sulfonamides is 1. The number of hydrogen-bond acceptors (Lipinski definition) is 3. The Bertz CT molecular complexity index is 711. The first kappa shape index (κ1) is 15.9. The molecule has 2 rings (SSSR count). The van der Waals surface area contributed by atoms with Crippen molar-refractivity contribution in [3.63, 3.8) is 0 Å². The number of fused-ring (bicyclic) bond motifs is 1. The van der Waals surface area contributed by atoms with Crippen molar-refractivity contribution in [1.29, 1.82) is 0 Å². The van der Waals surface area contributed by atoms with Gasteiger partial charge in [-0.15, -0.1) is 0 Å². The zero-order valence-electron chi connectivity index (χ0n) is 12.7. The average molecular weight is 306 g/mol. The molecule has 5 heteroatoms. The van der Waals surface area contributed by atoms with E-state index in [0.29, 0.717) is 6.54 Å². The van der Waals surface area contributed by atoms with Gasteiger partial charge in [-0.25, -0.2) is 12.7 Å². The summed E-state index contributed by atoms with van der Waals surface area (Å²) in [6.45, 7) is 2.49. The number of nitrogens with zero attached hydrogens (tertiary/aromatic N) is 1. The van der Waals surface area contributed by atoms with Crippen molar-refractivity contribution in [2.75, 3.05) is 26.4 Å². The van der Waals surface area contributed by atoms with Crippen LogP contribution < -0.4 is 5.32 Å². The molecule has 1 unspecified atom stereocenters. The molecule has 0 saturated carbocycles. The van der Waals surface area contributed by atoms with Gasteiger partial charge in [0, 0.05) is 26.7 Å². The van der Waals surface area contributed by atoms with E-state index in [1.165, 1.54) is 15.1 Å². The molecule has 2 aromatic carbocycles. The third kappa shape index (κ3) is 4.03. The van der Waals surface area contributed by atoms with Crippen molar-refractivity contribution in [1.82, 2.24) is 9.62 Å². The molecule has 0 bridgehead atoms. The van der Waals surface area contributed by atoms with Crippen molar-refractivity contribution in [2.24, 2.45) is 0 Å². The summed E-state index contributed by atoms with van der Waals surface area (Å²) in [5.41, 5.74) is 1.16. The quantitative estimate of drug-likeness (QED) is 0.891. The van der Waals surface area contributed by atoms with Gasteiger partial charge in [0.25, 0.3) is 0 Å². The minimum absolute atomic E-state index is 0.109. The van der Waals surface area contributed by atoms with Gasteiger partial charge < -0.3 is 5.32 Å². The van der Waals surface area contributed by atoms with Gasteiger partial charge in [-0.3, -0.25) is 0 Å². The Balaban J connectivity index is 2.00. The van der Waals surface area contributed by atoms with Crippen LogP contribution in [0.4, 0.5) is 0 Å². The fourth-order valence-corrected chi connectivity index (χ4v) is 2.92. The summed E-state index contributed by atoms with van der Waals surface area (Å²) in [6, 6.07) is 14.7. The average Bonchev–Trinajstić information content (AvgIpc) is 2.46. The lowest BCUT2D eigenvalue weighted by Crippen LogP contribution is -2.32. The predicted octanol–water partition coefficient (Wildman–Crippen LogP) is 2.38. The van der Waals surface area contributed by atoms with Crippen molar-refractivity contribution in [3.8, 4) is 0 Å². The van der Waals surface area contributed by atoms with E-state index in [1.54, 1.807) is 14.1 Å². The van der Waals surface area contributed by atoms with Crippen LogP contribution in [0, 0.1) is 0 Å². The minimum atomic E-state index is -3.14. The summed E-state index contributed by atoms with van der Waals surface area (Å²) >= 11 is 0. The first-order valence-electron chi connectivity index (χ1n) is 7.02. The van der Waals surface area contributed by atoms with E-state index in [2.05, 4.69) is 35.6 Å².